The molecule has 3 heteroatoms. The highest BCUT2D eigenvalue weighted by Gasteiger charge is 2.36. The molecule has 0 radical (unpaired) electrons. The minimum Gasteiger partial charge on any atom is -0.301 e. The monoisotopic (exact) mass is 303 g/mol. The fourth-order valence-electron chi connectivity index (χ4n) is 4.34. The molecule has 0 aliphatic carbocycles. The Morgan fingerprint density at radius 2 is 1.74 bits per heavy atom. The summed E-state index contributed by atoms with van der Waals surface area (Å²) in [6.45, 7) is 3.72. The molecular formula is C20H21N3. The highest BCUT2D eigenvalue weighted by Crippen LogP contribution is 2.37. The summed E-state index contributed by atoms with van der Waals surface area (Å²) in [5.74, 6) is 0.803. The molecule has 3 fully saturated rings. The molecule has 1 atom stereocenters. The van der Waals surface area contributed by atoms with Crippen molar-refractivity contribution in [1.29, 1.82) is 0 Å². The molecule has 0 saturated carbocycles. The van der Waals surface area contributed by atoms with Crippen LogP contribution in [-0.2, 0) is 0 Å². The summed E-state index contributed by atoms with van der Waals surface area (Å²) in [5, 5.41) is 6.02. The molecule has 4 heterocycles. The first-order valence-electron chi connectivity index (χ1n) is 8.63. The zero-order valence-corrected chi connectivity index (χ0v) is 13.2. The summed E-state index contributed by atoms with van der Waals surface area (Å²) < 4.78 is 2.29. The summed E-state index contributed by atoms with van der Waals surface area (Å²) in [4.78, 5) is 2.59. The Morgan fingerprint density at radius 1 is 0.913 bits per heavy atom. The van der Waals surface area contributed by atoms with E-state index in [0.29, 0.717) is 6.04 Å². The molecule has 0 spiro atoms. The van der Waals surface area contributed by atoms with Crippen molar-refractivity contribution >= 4 is 10.9 Å². The van der Waals surface area contributed by atoms with Crippen LogP contribution in [0.4, 0.5) is 0 Å². The van der Waals surface area contributed by atoms with Gasteiger partial charge in [0.15, 0.2) is 0 Å². The number of piperidine rings is 3. The zero-order valence-electron chi connectivity index (χ0n) is 13.2. The Bertz CT molecular complexity index is 828. The summed E-state index contributed by atoms with van der Waals surface area (Å²) in [6.07, 6.45) is 4.70. The summed E-state index contributed by atoms with van der Waals surface area (Å²) in [7, 11) is 0. The van der Waals surface area contributed by atoms with E-state index in [1.807, 2.05) is 6.20 Å². The average molecular weight is 303 g/mol. The van der Waals surface area contributed by atoms with Gasteiger partial charge in [0, 0.05) is 11.9 Å². The molecular weight excluding hydrogens is 282 g/mol. The molecule has 3 aromatic rings. The fraction of sp³-hybridized carbons (Fsp3) is 0.350. The highest BCUT2D eigenvalue weighted by atomic mass is 15.3. The van der Waals surface area contributed by atoms with E-state index in [0.717, 1.165) is 5.92 Å². The van der Waals surface area contributed by atoms with Crippen LogP contribution in [0.15, 0.2) is 54.7 Å². The van der Waals surface area contributed by atoms with Crippen molar-refractivity contribution in [3.8, 4) is 11.1 Å². The van der Waals surface area contributed by atoms with Gasteiger partial charge in [-0.15, -0.1) is 0 Å². The molecule has 3 nitrogen and oxygen atoms in total. The van der Waals surface area contributed by atoms with Gasteiger partial charge in [-0.05, 0) is 55.1 Å². The lowest BCUT2D eigenvalue weighted by atomic mass is 9.84. The number of hydrogen-bond donors (Lipinski definition) is 0. The lowest BCUT2D eigenvalue weighted by molar-refractivity contribution is 0.0534. The first kappa shape index (κ1) is 13.3. The predicted molar refractivity (Wildman–Crippen MR) is 93.4 cm³/mol. The standard InChI is InChI=1S/C20H21N3/c1-2-4-15(5-3-1)17-6-7-19-18(12-17)13-21-23(19)20-14-22-10-8-16(20)9-11-22/h1-7,12-13,16,20H,8-11,14H2/t20-/m1/s1. The molecule has 3 saturated heterocycles. The van der Waals surface area contributed by atoms with Crippen molar-refractivity contribution in [3.63, 3.8) is 0 Å². The van der Waals surface area contributed by atoms with Gasteiger partial charge in [0.2, 0.25) is 0 Å². The molecule has 2 aromatic carbocycles. The second kappa shape index (κ2) is 5.20. The van der Waals surface area contributed by atoms with Crippen LogP contribution >= 0.6 is 0 Å². The number of benzene rings is 2. The third-order valence-electron chi connectivity index (χ3n) is 5.64. The largest absolute Gasteiger partial charge is 0.301 e. The van der Waals surface area contributed by atoms with Crippen LogP contribution in [0.5, 0.6) is 0 Å². The second-order valence-corrected chi connectivity index (χ2v) is 6.93. The van der Waals surface area contributed by atoms with Crippen molar-refractivity contribution in [3.05, 3.63) is 54.7 Å². The third kappa shape index (κ3) is 2.19. The lowest BCUT2D eigenvalue weighted by Crippen LogP contribution is -2.48. The van der Waals surface area contributed by atoms with Gasteiger partial charge in [-0.25, -0.2) is 0 Å². The van der Waals surface area contributed by atoms with Gasteiger partial charge in [0.05, 0.1) is 17.8 Å². The fourth-order valence-corrected chi connectivity index (χ4v) is 4.34. The minimum atomic E-state index is 0.553. The smallest absolute Gasteiger partial charge is 0.0686 e. The van der Waals surface area contributed by atoms with Crippen molar-refractivity contribution < 1.29 is 0 Å². The van der Waals surface area contributed by atoms with Crippen LogP contribution in [0.3, 0.4) is 0 Å². The molecule has 0 N–H and O–H groups in total. The predicted octanol–water partition coefficient (Wildman–Crippen LogP) is 3.97. The second-order valence-electron chi connectivity index (χ2n) is 6.93. The topological polar surface area (TPSA) is 21.1 Å². The third-order valence-corrected chi connectivity index (χ3v) is 5.64. The number of nitrogens with zero attached hydrogens (tertiary/aromatic N) is 3. The van der Waals surface area contributed by atoms with Crippen LogP contribution in [-0.4, -0.2) is 34.3 Å². The molecule has 3 aliphatic heterocycles. The average Bonchev–Trinajstić information content (AvgIpc) is 3.06. The minimum absolute atomic E-state index is 0.553. The SMILES string of the molecule is c1ccc(-c2ccc3c(cnn3[C@@H]3CN4CCC3CC4)c2)cc1. The van der Waals surface area contributed by atoms with E-state index in [1.54, 1.807) is 0 Å². The molecule has 23 heavy (non-hydrogen) atoms. The Morgan fingerprint density at radius 3 is 2.48 bits per heavy atom. The van der Waals surface area contributed by atoms with Crippen LogP contribution in [0.2, 0.25) is 0 Å². The van der Waals surface area contributed by atoms with E-state index in [1.165, 1.54) is 54.5 Å². The van der Waals surface area contributed by atoms with Gasteiger partial charge in [-0.1, -0.05) is 36.4 Å². The molecule has 116 valence electrons. The first-order chi connectivity index (χ1) is 11.4. The molecule has 3 aliphatic rings. The normalized spacial score (nSPS) is 26.7. The number of aromatic nitrogens is 2. The Balaban J connectivity index is 1.55. The van der Waals surface area contributed by atoms with Gasteiger partial charge in [0.1, 0.15) is 0 Å². The zero-order chi connectivity index (χ0) is 15.2. The van der Waals surface area contributed by atoms with E-state index < -0.39 is 0 Å². The number of hydrogen-bond acceptors (Lipinski definition) is 2. The van der Waals surface area contributed by atoms with Gasteiger partial charge in [-0.3, -0.25) is 4.68 Å². The molecule has 2 bridgehead atoms. The van der Waals surface area contributed by atoms with Crippen molar-refractivity contribution in [1.82, 2.24) is 14.7 Å². The summed E-state index contributed by atoms with van der Waals surface area (Å²) >= 11 is 0. The quantitative estimate of drug-likeness (QED) is 0.714. The molecule has 0 amide bonds. The lowest BCUT2D eigenvalue weighted by Gasteiger charge is -2.44. The van der Waals surface area contributed by atoms with Crippen LogP contribution in [0, 0.1) is 5.92 Å². The van der Waals surface area contributed by atoms with Crippen LogP contribution < -0.4 is 0 Å². The van der Waals surface area contributed by atoms with E-state index in [4.69, 9.17) is 5.10 Å². The maximum Gasteiger partial charge on any atom is 0.0686 e. The summed E-state index contributed by atoms with van der Waals surface area (Å²) in [6, 6.07) is 17.9. The van der Waals surface area contributed by atoms with Gasteiger partial charge < -0.3 is 4.90 Å². The van der Waals surface area contributed by atoms with Crippen molar-refractivity contribution in [2.45, 2.75) is 18.9 Å². The van der Waals surface area contributed by atoms with Gasteiger partial charge >= 0.3 is 0 Å². The van der Waals surface area contributed by atoms with E-state index in [-0.39, 0.29) is 0 Å². The Kier molecular flexibility index (Phi) is 3.01. The van der Waals surface area contributed by atoms with E-state index in [2.05, 4.69) is 58.1 Å². The Labute approximate surface area is 136 Å². The Hall–Kier alpha value is -2.13. The maximum absolute atomic E-state index is 4.76. The van der Waals surface area contributed by atoms with E-state index in [9.17, 15) is 0 Å². The molecule has 0 unspecified atom stereocenters. The summed E-state index contributed by atoms with van der Waals surface area (Å²) in [5.41, 5.74) is 3.82. The first-order valence-corrected chi connectivity index (χ1v) is 8.63. The van der Waals surface area contributed by atoms with Crippen LogP contribution in [0.25, 0.3) is 22.0 Å². The van der Waals surface area contributed by atoms with Gasteiger partial charge in [0.25, 0.3) is 0 Å². The van der Waals surface area contributed by atoms with Crippen LogP contribution in [0.1, 0.15) is 18.9 Å². The maximum atomic E-state index is 4.76. The van der Waals surface area contributed by atoms with Gasteiger partial charge in [-0.2, -0.15) is 5.10 Å². The highest BCUT2D eigenvalue weighted by molar-refractivity contribution is 5.84. The van der Waals surface area contributed by atoms with Crippen molar-refractivity contribution in [2.75, 3.05) is 19.6 Å². The molecule has 6 rings (SSSR count). The van der Waals surface area contributed by atoms with E-state index >= 15 is 0 Å². The van der Waals surface area contributed by atoms with Crippen molar-refractivity contribution in [2.24, 2.45) is 5.92 Å². The number of fused-ring (bicyclic) bond motifs is 4. The molecule has 1 aromatic heterocycles. The number of rotatable bonds is 2.